The van der Waals surface area contributed by atoms with Crippen molar-refractivity contribution in [3.63, 3.8) is 0 Å². The second-order valence-corrected chi connectivity index (χ2v) is 5.78. The van der Waals surface area contributed by atoms with E-state index in [1.54, 1.807) is 0 Å². The Hall–Kier alpha value is -3.35. The lowest BCUT2D eigenvalue weighted by atomic mass is 10.1. The molecule has 0 fully saturated rings. The summed E-state index contributed by atoms with van der Waals surface area (Å²) < 4.78 is 27.4. The Bertz CT molecular complexity index is 955. The van der Waals surface area contributed by atoms with E-state index in [1.165, 1.54) is 18.5 Å². The Balaban J connectivity index is 1.83. The third-order valence-electron chi connectivity index (χ3n) is 3.76. The van der Waals surface area contributed by atoms with Gasteiger partial charge in [-0.1, -0.05) is 18.2 Å². The number of carbonyl (C=O) groups excluding carboxylic acids is 1. The van der Waals surface area contributed by atoms with Crippen molar-refractivity contribution in [1.29, 1.82) is 0 Å². The Kier molecular flexibility index (Phi) is 4.88. The number of aromatic nitrogens is 2. The Morgan fingerprint density at radius 2 is 1.73 bits per heavy atom. The minimum absolute atomic E-state index is 0.0181. The number of halogens is 2. The van der Waals surface area contributed by atoms with Crippen LogP contribution in [0.25, 0.3) is 0 Å². The third kappa shape index (κ3) is 3.83. The maximum Gasteiger partial charge on any atom is 0.274 e. The van der Waals surface area contributed by atoms with Crippen LogP contribution in [0.5, 0.6) is 0 Å². The number of amides is 1. The predicted molar refractivity (Wildman–Crippen MR) is 95.5 cm³/mol. The van der Waals surface area contributed by atoms with Crippen molar-refractivity contribution < 1.29 is 13.6 Å². The monoisotopic (exact) mass is 354 g/mol. The second-order valence-electron chi connectivity index (χ2n) is 5.78. The fourth-order valence-corrected chi connectivity index (χ4v) is 2.35. The summed E-state index contributed by atoms with van der Waals surface area (Å²) in [5.74, 6) is -2.06. The average Bonchev–Trinajstić information content (AvgIpc) is 2.61. The zero-order chi connectivity index (χ0) is 18.7. The van der Waals surface area contributed by atoms with Crippen LogP contribution in [0.3, 0.4) is 0 Å². The van der Waals surface area contributed by atoms with E-state index in [4.69, 9.17) is 0 Å². The van der Waals surface area contributed by atoms with Crippen LogP contribution in [0.15, 0.2) is 48.8 Å². The molecule has 0 unspecified atom stereocenters. The van der Waals surface area contributed by atoms with E-state index in [0.29, 0.717) is 5.82 Å². The highest BCUT2D eigenvalue weighted by atomic mass is 19.1. The first-order valence-electron chi connectivity index (χ1n) is 7.86. The van der Waals surface area contributed by atoms with Crippen molar-refractivity contribution in [2.45, 2.75) is 13.8 Å². The summed E-state index contributed by atoms with van der Waals surface area (Å²) >= 11 is 0. The molecule has 132 valence electrons. The van der Waals surface area contributed by atoms with Crippen molar-refractivity contribution in [1.82, 2.24) is 9.97 Å². The van der Waals surface area contributed by atoms with Gasteiger partial charge >= 0.3 is 0 Å². The summed E-state index contributed by atoms with van der Waals surface area (Å²) in [4.78, 5) is 20.2. The van der Waals surface area contributed by atoms with Gasteiger partial charge in [-0.15, -0.1) is 0 Å². The van der Waals surface area contributed by atoms with Crippen LogP contribution in [0.2, 0.25) is 0 Å². The fraction of sp³-hybridized carbons (Fsp3) is 0.105. The number of aryl methyl sites for hydroxylation is 2. The van der Waals surface area contributed by atoms with Crippen LogP contribution in [-0.4, -0.2) is 15.9 Å². The molecule has 1 amide bonds. The highest BCUT2D eigenvalue weighted by Gasteiger charge is 2.15. The number of nitrogens with zero attached hydrogens (tertiary/aromatic N) is 2. The number of para-hydroxylation sites is 1. The molecule has 3 rings (SSSR count). The lowest BCUT2D eigenvalue weighted by Crippen LogP contribution is -2.16. The molecule has 26 heavy (non-hydrogen) atoms. The molecule has 2 aromatic carbocycles. The first-order chi connectivity index (χ1) is 12.4. The summed E-state index contributed by atoms with van der Waals surface area (Å²) in [6, 6.07) is 10.7. The van der Waals surface area contributed by atoms with Crippen LogP contribution in [0.4, 0.5) is 26.0 Å². The van der Waals surface area contributed by atoms with Crippen LogP contribution >= 0.6 is 0 Å². The molecule has 3 aromatic rings. The summed E-state index contributed by atoms with van der Waals surface area (Å²) in [7, 11) is 0. The summed E-state index contributed by atoms with van der Waals surface area (Å²) in [5, 5.41) is 5.32. The standard InChI is InChI=1S/C19H16F2N4O/c1-11-6-7-12(2)15(8-11)24-17-9-16(22-10-23-17)19(26)25-18-13(20)4-3-5-14(18)21/h3-10H,1-2H3,(H,25,26)(H,22,23,24). The number of nitrogens with one attached hydrogen (secondary N) is 2. The number of benzene rings is 2. The smallest absolute Gasteiger partial charge is 0.274 e. The molecule has 2 N–H and O–H groups in total. The maximum absolute atomic E-state index is 13.7. The van der Waals surface area contributed by atoms with Gasteiger partial charge in [-0.2, -0.15) is 0 Å². The van der Waals surface area contributed by atoms with E-state index in [2.05, 4.69) is 20.6 Å². The lowest BCUT2D eigenvalue weighted by Gasteiger charge is -2.11. The van der Waals surface area contributed by atoms with Crippen LogP contribution in [0, 0.1) is 25.5 Å². The van der Waals surface area contributed by atoms with Crippen molar-refractivity contribution in [3.8, 4) is 0 Å². The number of hydrogen-bond donors (Lipinski definition) is 2. The van der Waals surface area contributed by atoms with Crippen molar-refractivity contribution in [2.24, 2.45) is 0 Å². The van der Waals surface area contributed by atoms with Crippen LogP contribution < -0.4 is 10.6 Å². The van der Waals surface area contributed by atoms with Gasteiger partial charge in [-0.3, -0.25) is 4.79 Å². The number of anilines is 3. The predicted octanol–water partition coefficient (Wildman–Crippen LogP) is 4.37. The maximum atomic E-state index is 13.7. The molecule has 0 radical (unpaired) electrons. The summed E-state index contributed by atoms with van der Waals surface area (Å²) in [6.07, 6.45) is 1.21. The summed E-state index contributed by atoms with van der Waals surface area (Å²) in [6.45, 7) is 3.91. The SMILES string of the molecule is Cc1ccc(C)c(Nc2cc(C(=O)Nc3c(F)cccc3F)ncn2)c1. The molecule has 5 nitrogen and oxygen atoms in total. The Labute approximate surface area is 149 Å². The third-order valence-corrected chi connectivity index (χ3v) is 3.76. The molecule has 0 spiro atoms. The fourth-order valence-electron chi connectivity index (χ4n) is 2.35. The first kappa shape index (κ1) is 17.5. The largest absolute Gasteiger partial charge is 0.340 e. The van der Waals surface area contributed by atoms with Gasteiger partial charge in [0, 0.05) is 11.8 Å². The van der Waals surface area contributed by atoms with E-state index >= 15 is 0 Å². The Morgan fingerprint density at radius 3 is 2.46 bits per heavy atom. The quantitative estimate of drug-likeness (QED) is 0.730. The lowest BCUT2D eigenvalue weighted by molar-refractivity contribution is 0.102. The Morgan fingerprint density at radius 1 is 1.00 bits per heavy atom. The molecule has 1 aromatic heterocycles. The molecular weight excluding hydrogens is 338 g/mol. The molecule has 0 saturated heterocycles. The normalized spacial score (nSPS) is 10.5. The zero-order valence-corrected chi connectivity index (χ0v) is 14.2. The van der Waals surface area contributed by atoms with E-state index < -0.39 is 23.2 Å². The number of carbonyl (C=O) groups is 1. The van der Waals surface area contributed by atoms with E-state index in [1.807, 2.05) is 32.0 Å². The van der Waals surface area contributed by atoms with E-state index in [-0.39, 0.29) is 5.69 Å². The molecule has 7 heteroatoms. The molecule has 0 aliphatic rings. The molecule has 0 saturated carbocycles. The van der Waals surface area contributed by atoms with Gasteiger partial charge in [0.25, 0.3) is 5.91 Å². The molecule has 0 aliphatic carbocycles. The summed E-state index contributed by atoms with van der Waals surface area (Å²) in [5.41, 5.74) is 2.39. The topological polar surface area (TPSA) is 66.9 Å². The van der Waals surface area contributed by atoms with Gasteiger partial charge in [0.2, 0.25) is 0 Å². The van der Waals surface area contributed by atoms with Gasteiger partial charge < -0.3 is 10.6 Å². The molecule has 0 bridgehead atoms. The second kappa shape index (κ2) is 7.26. The van der Waals surface area contributed by atoms with Crippen molar-refractivity contribution in [3.05, 3.63) is 77.2 Å². The van der Waals surface area contributed by atoms with Crippen LogP contribution in [0.1, 0.15) is 21.6 Å². The molecule has 1 heterocycles. The highest BCUT2D eigenvalue weighted by molar-refractivity contribution is 6.03. The molecule has 0 atom stereocenters. The van der Waals surface area contributed by atoms with Crippen molar-refractivity contribution in [2.75, 3.05) is 10.6 Å². The number of rotatable bonds is 4. The van der Waals surface area contributed by atoms with Gasteiger partial charge in [0.1, 0.15) is 35.2 Å². The number of hydrogen-bond acceptors (Lipinski definition) is 4. The van der Waals surface area contributed by atoms with E-state index in [0.717, 1.165) is 28.9 Å². The van der Waals surface area contributed by atoms with Crippen LogP contribution in [-0.2, 0) is 0 Å². The molecular formula is C19H16F2N4O. The average molecular weight is 354 g/mol. The van der Waals surface area contributed by atoms with Gasteiger partial charge in [0.15, 0.2) is 0 Å². The van der Waals surface area contributed by atoms with Gasteiger partial charge in [0.05, 0.1) is 0 Å². The first-order valence-corrected chi connectivity index (χ1v) is 7.86. The minimum Gasteiger partial charge on any atom is -0.340 e. The van der Waals surface area contributed by atoms with Crippen molar-refractivity contribution >= 4 is 23.1 Å². The minimum atomic E-state index is -0.860. The highest BCUT2D eigenvalue weighted by Crippen LogP contribution is 2.22. The molecule has 0 aliphatic heterocycles. The van der Waals surface area contributed by atoms with Gasteiger partial charge in [-0.25, -0.2) is 18.7 Å². The zero-order valence-electron chi connectivity index (χ0n) is 14.2. The van der Waals surface area contributed by atoms with E-state index in [9.17, 15) is 13.6 Å². The van der Waals surface area contributed by atoms with Gasteiger partial charge in [-0.05, 0) is 43.2 Å².